The Labute approximate surface area is 246 Å². The molecule has 1 N–H and O–H groups in total. The zero-order valence-electron chi connectivity index (χ0n) is 25.7. The van der Waals surface area contributed by atoms with Crippen LogP contribution in [0.1, 0.15) is 81.5 Å². The SMILES string of the molecule is CCCCOC1[C@@H](OCCCC)[C@H](OCCCC)C2(CO)COC1(c1ccc(C)c(Cc3ccc(OC)cc3)c1)O2. The number of aliphatic hydroxyl groups excluding tert-OH is 1. The molecular formula is C34H50O7. The number of hydrogen-bond acceptors (Lipinski definition) is 7. The van der Waals surface area contributed by atoms with Crippen molar-refractivity contribution in [2.45, 2.75) is 102 Å². The van der Waals surface area contributed by atoms with Crippen LogP contribution in [0.5, 0.6) is 5.75 Å². The summed E-state index contributed by atoms with van der Waals surface area (Å²) in [7, 11) is 1.68. The number of fused-ring (bicyclic) bond motifs is 2. The van der Waals surface area contributed by atoms with E-state index in [0.29, 0.717) is 19.8 Å². The van der Waals surface area contributed by atoms with Crippen LogP contribution in [0.4, 0.5) is 0 Å². The minimum atomic E-state index is -1.22. The van der Waals surface area contributed by atoms with E-state index < -0.39 is 29.7 Å². The lowest BCUT2D eigenvalue weighted by Gasteiger charge is -2.50. The number of hydrogen-bond donors (Lipinski definition) is 1. The summed E-state index contributed by atoms with van der Waals surface area (Å²) in [5, 5.41) is 10.8. The molecule has 0 saturated carbocycles. The minimum absolute atomic E-state index is 0.198. The molecule has 0 spiro atoms. The fourth-order valence-corrected chi connectivity index (χ4v) is 5.76. The van der Waals surface area contributed by atoms with Crippen molar-refractivity contribution in [1.82, 2.24) is 0 Å². The molecule has 0 amide bonds. The molecule has 2 bridgehead atoms. The topological polar surface area (TPSA) is 75.6 Å². The summed E-state index contributed by atoms with van der Waals surface area (Å²) in [6.07, 6.45) is 5.03. The standard InChI is InChI=1S/C34H50O7/c1-6-9-18-37-30-31(38-19-10-7-2)33(23-35)24-40-34(41-33,32(30)39-20-11-8-3)28-15-12-25(4)27(22-28)21-26-13-16-29(36-5)17-14-26/h12-17,22,30-32,35H,6-11,18-21,23-24H2,1-5H3/t30-,31-,32?,33?,34?/m0/s1. The number of benzene rings is 2. The Bertz CT molecular complexity index is 1070. The van der Waals surface area contributed by atoms with Gasteiger partial charge in [-0.2, -0.15) is 0 Å². The fourth-order valence-electron chi connectivity index (χ4n) is 5.76. The molecule has 0 aromatic heterocycles. The summed E-state index contributed by atoms with van der Waals surface area (Å²) in [6, 6.07) is 14.5. The van der Waals surface area contributed by atoms with Crippen molar-refractivity contribution in [2.75, 3.05) is 40.1 Å². The molecule has 3 unspecified atom stereocenters. The van der Waals surface area contributed by atoms with Crippen LogP contribution in [0.15, 0.2) is 42.5 Å². The van der Waals surface area contributed by atoms with Crippen molar-refractivity contribution in [3.05, 3.63) is 64.7 Å². The highest BCUT2D eigenvalue weighted by molar-refractivity contribution is 5.40. The molecule has 41 heavy (non-hydrogen) atoms. The van der Waals surface area contributed by atoms with Gasteiger partial charge in [0, 0.05) is 25.4 Å². The molecule has 2 aliphatic rings. The molecule has 0 radical (unpaired) electrons. The molecule has 2 aliphatic heterocycles. The largest absolute Gasteiger partial charge is 0.497 e. The average molecular weight is 571 g/mol. The first kappa shape index (κ1) is 31.9. The molecule has 7 heteroatoms. The van der Waals surface area contributed by atoms with E-state index in [9.17, 15) is 5.11 Å². The summed E-state index contributed by atoms with van der Waals surface area (Å²) >= 11 is 0. The first-order chi connectivity index (χ1) is 20.0. The first-order valence-electron chi connectivity index (χ1n) is 15.5. The molecule has 2 aromatic rings. The average Bonchev–Trinajstić information content (AvgIpc) is 3.35. The summed E-state index contributed by atoms with van der Waals surface area (Å²) < 4.78 is 38.6. The smallest absolute Gasteiger partial charge is 0.225 e. The fraction of sp³-hybridized carbons (Fsp3) is 0.647. The molecule has 2 heterocycles. The third-order valence-electron chi connectivity index (χ3n) is 8.35. The highest BCUT2D eigenvalue weighted by Gasteiger charge is 2.69. The van der Waals surface area contributed by atoms with Crippen molar-refractivity contribution in [3.8, 4) is 5.75 Å². The molecule has 4 rings (SSSR count). The van der Waals surface area contributed by atoms with E-state index >= 15 is 0 Å². The highest BCUT2D eigenvalue weighted by Crippen LogP contribution is 2.52. The summed E-state index contributed by atoms with van der Waals surface area (Å²) in [5.74, 6) is -0.384. The summed E-state index contributed by atoms with van der Waals surface area (Å²) in [6.45, 7) is 10.2. The van der Waals surface area contributed by atoms with Gasteiger partial charge in [-0.1, -0.05) is 64.3 Å². The summed E-state index contributed by atoms with van der Waals surface area (Å²) in [4.78, 5) is 0. The van der Waals surface area contributed by atoms with E-state index in [1.165, 1.54) is 16.7 Å². The Balaban J connectivity index is 1.74. The Kier molecular flexibility index (Phi) is 11.6. The lowest BCUT2D eigenvalue weighted by atomic mass is 9.82. The number of aryl methyl sites for hydroxylation is 1. The van der Waals surface area contributed by atoms with Crippen LogP contribution >= 0.6 is 0 Å². The monoisotopic (exact) mass is 570 g/mol. The van der Waals surface area contributed by atoms with E-state index in [4.69, 9.17) is 28.4 Å². The molecule has 7 nitrogen and oxygen atoms in total. The number of ether oxygens (including phenoxy) is 6. The third-order valence-corrected chi connectivity index (χ3v) is 8.35. The molecule has 228 valence electrons. The molecular weight excluding hydrogens is 520 g/mol. The van der Waals surface area contributed by atoms with Crippen LogP contribution in [0.3, 0.4) is 0 Å². The van der Waals surface area contributed by atoms with Gasteiger partial charge < -0.3 is 33.5 Å². The van der Waals surface area contributed by atoms with Gasteiger partial charge in [0.15, 0.2) is 0 Å². The second-order valence-electron chi connectivity index (χ2n) is 11.4. The maximum absolute atomic E-state index is 10.8. The van der Waals surface area contributed by atoms with Crippen LogP contribution in [0.25, 0.3) is 0 Å². The van der Waals surface area contributed by atoms with Crippen LogP contribution in [0.2, 0.25) is 0 Å². The number of aliphatic hydroxyl groups is 1. The van der Waals surface area contributed by atoms with Gasteiger partial charge in [-0.05, 0) is 67.5 Å². The summed E-state index contributed by atoms with van der Waals surface area (Å²) in [5.41, 5.74) is 3.37. The van der Waals surface area contributed by atoms with Gasteiger partial charge in [0.2, 0.25) is 5.79 Å². The van der Waals surface area contributed by atoms with Crippen LogP contribution in [0, 0.1) is 6.92 Å². The van der Waals surface area contributed by atoms with Gasteiger partial charge >= 0.3 is 0 Å². The van der Waals surface area contributed by atoms with Crippen LogP contribution in [-0.2, 0) is 35.9 Å². The zero-order chi connectivity index (χ0) is 29.3. The Morgan fingerprint density at radius 3 is 2.10 bits per heavy atom. The van der Waals surface area contributed by atoms with Crippen molar-refractivity contribution in [1.29, 1.82) is 0 Å². The number of unbranched alkanes of at least 4 members (excludes halogenated alkanes) is 3. The minimum Gasteiger partial charge on any atom is -0.497 e. The quantitative estimate of drug-likeness (QED) is 0.231. The van der Waals surface area contributed by atoms with Crippen molar-refractivity contribution >= 4 is 0 Å². The van der Waals surface area contributed by atoms with Crippen LogP contribution in [-0.4, -0.2) is 69.2 Å². The van der Waals surface area contributed by atoms with Crippen LogP contribution < -0.4 is 4.74 Å². The maximum atomic E-state index is 10.8. The van der Waals surface area contributed by atoms with E-state index in [-0.39, 0.29) is 13.2 Å². The molecule has 2 fully saturated rings. The maximum Gasteiger partial charge on any atom is 0.225 e. The predicted molar refractivity (Wildman–Crippen MR) is 159 cm³/mol. The molecule has 5 atom stereocenters. The Hall–Kier alpha value is -2.00. The van der Waals surface area contributed by atoms with Crippen molar-refractivity contribution in [2.24, 2.45) is 0 Å². The lowest BCUT2D eigenvalue weighted by molar-refractivity contribution is -0.349. The Morgan fingerprint density at radius 2 is 1.49 bits per heavy atom. The first-order valence-corrected chi connectivity index (χ1v) is 15.5. The molecule has 0 aliphatic carbocycles. The lowest BCUT2D eigenvalue weighted by Crippen LogP contribution is -2.67. The highest BCUT2D eigenvalue weighted by atomic mass is 16.8. The van der Waals surface area contributed by atoms with Gasteiger partial charge in [0.1, 0.15) is 29.7 Å². The van der Waals surface area contributed by atoms with Gasteiger partial charge in [0.25, 0.3) is 0 Å². The van der Waals surface area contributed by atoms with Gasteiger partial charge in [-0.25, -0.2) is 0 Å². The Morgan fingerprint density at radius 1 is 0.854 bits per heavy atom. The van der Waals surface area contributed by atoms with E-state index in [0.717, 1.165) is 56.3 Å². The van der Waals surface area contributed by atoms with E-state index in [1.807, 2.05) is 12.1 Å². The van der Waals surface area contributed by atoms with Gasteiger partial charge in [-0.3, -0.25) is 0 Å². The molecule has 2 aromatic carbocycles. The number of methoxy groups -OCH3 is 1. The van der Waals surface area contributed by atoms with Crippen molar-refractivity contribution < 1.29 is 33.5 Å². The van der Waals surface area contributed by atoms with E-state index in [2.05, 4.69) is 58.0 Å². The second kappa shape index (κ2) is 14.9. The zero-order valence-corrected chi connectivity index (χ0v) is 25.7. The van der Waals surface area contributed by atoms with E-state index in [1.54, 1.807) is 7.11 Å². The van der Waals surface area contributed by atoms with Gasteiger partial charge in [-0.15, -0.1) is 0 Å². The second-order valence-corrected chi connectivity index (χ2v) is 11.4. The number of rotatable bonds is 17. The van der Waals surface area contributed by atoms with Crippen molar-refractivity contribution in [3.63, 3.8) is 0 Å². The normalized spacial score (nSPS) is 27.3. The predicted octanol–water partition coefficient (Wildman–Crippen LogP) is 6.09. The third kappa shape index (κ3) is 6.98. The van der Waals surface area contributed by atoms with Gasteiger partial charge in [0.05, 0.1) is 20.3 Å². The molecule has 2 saturated heterocycles.